The van der Waals surface area contributed by atoms with E-state index in [2.05, 4.69) is 26.5 Å². The highest BCUT2D eigenvalue weighted by Crippen LogP contribution is 2.31. The second kappa shape index (κ2) is 7.66. The van der Waals surface area contributed by atoms with Gasteiger partial charge in [-0.2, -0.15) is 5.10 Å². The Labute approximate surface area is 144 Å². The molecule has 0 aliphatic heterocycles. The summed E-state index contributed by atoms with van der Waals surface area (Å²) in [5.41, 5.74) is 2.28. The molecule has 1 atom stereocenters. The van der Waals surface area contributed by atoms with Crippen LogP contribution in [0, 0.1) is 10.1 Å². The number of halogens is 1. The van der Waals surface area contributed by atoms with E-state index in [-0.39, 0.29) is 21.5 Å². The van der Waals surface area contributed by atoms with Gasteiger partial charge in [0.15, 0.2) is 6.10 Å². The fraction of sp³-hybridized carbons (Fsp3) is 0.0667. The lowest BCUT2D eigenvalue weighted by molar-refractivity contribution is -0.385. The van der Waals surface area contributed by atoms with E-state index in [0.29, 0.717) is 5.56 Å². The number of carbonyl (C=O) groups excluding carboxylic acids is 1. The van der Waals surface area contributed by atoms with Crippen molar-refractivity contribution in [1.29, 1.82) is 0 Å². The number of aromatic hydroxyl groups is 1. The first-order chi connectivity index (χ1) is 11.4. The Morgan fingerprint density at radius 1 is 1.33 bits per heavy atom. The molecular formula is C15H12BrN3O5. The summed E-state index contributed by atoms with van der Waals surface area (Å²) in [5.74, 6) is -1.04. The van der Waals surface area contributed by atoms with Gasteiger partial charge in [-0.05, 0) is 21.5 Å². The number of hydrogen-bond acceptors (Lipinski definition) is 6. The molecule has 0 fully saturated rings. The van der Waals surface area contributed by atoms with Crippen molar-refractivity contribution >= 4 is 33.7 Å². The number of hydrazone groups is 1. The van der Waals surface area contributed by atoms with Crippen molar-refractivity contribution in [2.45, 2.75) is 6.10 Å². The van der Waals surface area contributed by atoms with Gasteiger partial charge in [-0.15, -0.1) is 0 Å². The molecule has 0 aliphatic rings. The largest absolute Gasteiger partial charge is 0.506 e. The molecule has 8 nitrogen and oxygen atoms in total. The number of phenols is 1. The van der Waals surface area contributed by atoms with Gasteiger partial charge in [0.2, 0.25) is 0 Å². The number of aliphatic hydroxyl groups is 1. The molecule has 2 aromatic carbocycles. The fourth-order valence-electron chi connectivity index (χ4n) is 1.82. The summed E-state index contributed by atoms with van der Waals surface area (Å²) in [5, 5.41) is 34.1. The number of nitrogens with zero attached hydrogens (tertiary/aromatic N) is 2. The zero-order valence-electron chi connectivity index (χ0n) is 12.1. The van der Waals surface area contributed by atoms with E-state index in [1.54, 1.807) is 30.3 Å². The molecule has 0 bridgehead atoms. The Hall–Kier alpha value is -2.78. The summed E-state index contributed by atoms with van der Waals surface area (Å²) >= 11 is 3.00. The third-order valence-corrected chi connectivity index (χ3v) is 3.63. The molecule has 2 aromatic rings. The van der Waals surface area contributed by atoms with E-state index in [9.17, 15) is 25.1 Å². The predicted molar refractivity (Wildman–Crippen MR) is 89.6 cm³/mol. The zero-order valence-corrected chi connectivity index (χ0v) is 13.7. The molecule has 9 heteroatoms. The molecule has 0 heterocycles. The highest BCUT2D eigenvalue weighted by Gasteiger charge is 2.17. The molecule has 2 rings (SSSR count). The van der Waals surface area contributed by atoms with Gasteiger partial charge in [0, 0.05) is 17.7 Å². The standard InChI is InChI=1S/C15H12BrN3O5/c16-12-7-11(19(23)24)6-10(13(12)20)8-17-18-15(22)14(21)9-4-2-1-3-5-9/h1-8,14,20-21H,(H,18,22)/b17-8-/t14-/m1/s1. The van der Waals surface area contributed by atoms with E-state index < -0.39 is 16.9 Å². The number of nitro benzene ring substituents is 1. The van der Waals surface area contributed by atoms with Crippen LogP contribution in [0.2, 0.25) is 0 Å². The summed E-state index contributed by atoms with van der Waals surface area (Å²) in [6.07, 6.45) is -0.364. The van der Waals surface area contributed by atoms with Crippen molar-refractivity contribution in [3.8, 4) is 5.75 Å². The molecule has 24 heavy (non-hydrogen) atoms. The van der Waals surface area contributed by atoms with Crippen molar-refractivity contribution in [3.63, 3.8) is 0 Å². The normalized spacial score (nSPS) is 12.1. The quantitative estimate of drug-likeness (QED) is 0.408. The minimum atomic E-state index is -1.41. The second-order valence-corrected chi connectivity index (χ2v) is 5.52. The van der Waals surface area contributed by atoms with E-state index in [4.69, 9.17) is 0 Å². The number of carbonyl (C=O) groups is 1. The zero-order chi connectivity index (χ0) is 17.7. The maximum atomic E-state index is 11.8. The first kappa shape index (κ1) is 17.6. The Morgan fingerprint density at radius 2 is 2.00 bits per heavy atom. The summed E-state index contributed by atoms with van der Waals surface area (Å²) in [6.45, 7) is 0. The SMILES string of the molecule is O=C(N/N=C\c1cc([N+](=O)[O-])cc(Br)c1O)[C@H](O)c1ccccc1. The van der Waals surface area contributed by atoms with Crippen LogP contribution >= 0.6 is 15.9 Å². The van der Waals surface area contributed by atoms with Crippen molar-refractivity contribution in [1.82, 2.24) is 5.43 Å². The van der Waals surface area contributed by atoms with E-state index in [1.807, 2.05) is 0 Å². The Bertz CT molecular complexity index is 795. The summed E-state index contributed by atoms with van der Waals surface area (Å²) in [4.78, 5) is 22.0. The molecule has 0 saturated carbocycles. The van der Waals surface area contributed by atoms with Crippen LogP contribution in [0.25, 0.3) is 0 Å². The van der Waals surface area contributed by atoms with Gasteiger partial charge in [0.25, 0.3) is 11.6 Å². The van der Waals surface area contributed by atoms with E-state index >= 15 is 0 Å². The number of amides is 1. The van der Waals surface area contributed by atoms with Crippen molar-refractivity contribution < 1.29 is 19.9 Å². The molecule has 0 spiro atoms. The first-order valence-corrected chi connectivity index (χ1v) is 7.42. The highest BCUT2D eigenvalue weighted by atomic mass is 79.9. The third-order valence-electron chi connectivity index (χ3n) is 3.03. The van der Waals surface area contributed by atoms with Gasteiger partial charge in [0.05, 0.1) is 15.6 Å². The van der Waals surface area contributed by atoms with Crippen molar-refractivity contribution in [3.05, 3.63) is 68.2 Å². The number of hydrogen-bond donors (Lipinski definition) is 3. The topological polar surface area (TPSA) is 125 Å². The lowest BCUT2D eigenvalue weighted by Crippen LogP contribution is -2.25. The number of benzene rings is 2. The second-order valence-electron chi connectivity index (χ2n) is 4.67. The molecule has 124 valence electrons. The van der Waals surface area contributed by atoms with Crippen LogP contribution in [0.15, 0.2) is 52.0 Å². The van der Waals surface area contributed by atoms with Crippen LogP contribution in [0.4, 0.5) is 5.69 Å². The Morgan fingerprint density at radius 3 is 2.62 bits per heavy atom. The number of nitrogens with one attached hydrogen (secondary N) is 1. The number of nitro groups is 1. The summed E-state index contributed by atoms with van der Waals surface area (Å²) < 4.78 is 0.119. The van der Waals surface area contributed by atoms with Gasteiger partial charge >= 0.3 is 0 Å². The van der Waals surface area contributed by atoms with Gasteiger partial charge < -0.3 is 10.2 Å². The first-order valence-electron chi connectivity index (χ1n) is 6.63. The van der Waals surface area contributed by atoms with Gasteiger partial charge in [-0.3, -0.25) is 14.9 Å². The van der Waals surface area contributed by atoms with Gasteiger partial charge in [-0.25, -0.2) is 5.43 Å². The van der Waals surface area contributed by atoms with Crippen LogP contribution in [0.1, 0.15) is 17.2 Å². The van der Waals surface area contributed by atoms with Crippen LogP contribution in [0.5, 0.6) is 5.75 Å². The molecular weight excluding hydrogens is 382 g/mol. The Kier molecular flexibility index (Phi) is 5.61. The lowest BCUT2D eigenvalue weighted by Gasteiger charge is -2.08. The highest BCUT2D eigenvalue weighted by molar-refractivity contribution is 9.10. The number of aliphatic hydroxyl groups excluding tert-OH is 1. The molecule has 0 aromatic heterocycles. The van der Waals surface area contributed by atoms with Gasteiger partial charge in [-0.1, -0.05) is 30.3 Å². The number of rotatable bonds is 5. The van der Waals surface area contributed by atoms with Crippen LogP contribution in [0.3, 0.4) is 0 Å². The Balaban J connectivity index is 2.11. The molecule has 3 N–H and O–H groups in total. The summed E-state index contributed by atoms with van der Waals surface area (Å²) in [6, 6.07) is 10.5. The minimum Gasteiger partial charge on any atom is -0.506 e. The maximum absolute atomic E-state index is 11.8. The monoisotopic (exact) mass is 393 g/mol. The van der Waals surface area contributed by atoms with Crippen LogP contribution in [-0.4, -0.2) is 27.3 Å². The minimum absolute atomic E-state index is 0.0329. The summed E-state index contributed by atoms with van der Waals surface area (Å²) in [7, 11) is 0. The molecule has 0 saturated heterocycles. The third kappa shape index (κ3) is 4.15. The molecule has 0 unspecified atom stereocenters. The van der Waals surface area contributed by atoms with Crippen LogP contribution in [-0.2, 0) is 4.79 Å². The van der Waals surface area contributed by atoms with Crippen molar-refractivity contribution in [2.24, 2.45) is 5.10 Å². The van der Waals surface area contributed by atoms with Crippen molar-refractivity contribution in [2.75, 3.05) is 0 Å². The average Bonchev–Trinajstić information content (AvgIpc) is 2.58. The number of non-ortho nitro benzene ring substituents is 1. The van der Waals surface area contributed by atoms with E-state index in [1.165, 1.54) is 0 Å². The number of phenolic OH excluding ortho intramolecular Hbond substituents is 1. The van der Waals surface area contributed by atoms with Crippen LogP contribution < -0.4 is 5.43 Å². The van der Waals surface area contributed by atoms with Gasteiger partial charge in [0.1, 0.15) is 5.75 Å². The smallest absolute Gasteiger partial charge is 0.273 e. The molecule has 0 aliphatic carbocycles. The average molecular weight is 394 g/mol. The lowest BCUT2D eigenvalue weighted by atomic mass is 10.1. The molecule has 0 radical (unpaired) electrons. The fourth-order valence-corrected chi connectivity index (χ4v) is 2.29. The van der Waals surface area contributed by atoms with E-state index in [0.717, 1.165) is 18.3 Å². The molecule has 1 amide bonds. The maximum Gasteiger partial charge on any atom is 0.273 e. The predicted octanol–water partition coefficient (Wildman–Crippen LogP) is 2.25.